The quantitative estimate of drug-likeness (QED) is 0.681. The Morgan fingerprint density at radius 3 is 3.07 bits per heavy atom. The lowest BCUT2D eigenvalue weighted by atomic mass is 9.92. The van der Waals surface area contributed by atoms with Gasteiger partial charge in [0.05, 0.1) is 7.11 Å². The summed E-state index contributed by atoms with van der Waals surface area (Å²) in [7, 11) is 1.43. The first-order chi connectivity index (χ1) is 7.22. The molecule has 2 heterocycles. The summed E-state index contributed by atoms with van der Waals surface area (Å²) in [5, 5.41) is 3.17. The molecule has 0 radical (unpaired) electrons. The van der Waals surface area contributed by atoms with E-state index in [-0.39, 0.29) is 12.0 Å². The van der Waals surface area contributed by atoms with Gasteiger partial charge in [0.2, 0.25) is 0 Å². The normalized spacial score (nSPS) is 34.3. The van der Waals surface area contributed by atoms with Gasteiger partial charge in [-0.3, -0.25) is 9.79 Å². The SMILES string of the molecule is COC(=O)[C@@H]1C[C@@H](C2=NC=CC2C)CN1. The van der Waals surface area contributed by atoms with Crippen LogP contribution in [-0.4, -0.2) is 31.4 Å². The van der Waals surface area contributed by atoms with Gasteiger partial charge in [0.15, 0.2) is 0 Å². The zero-order chi connectivity index (χ0) is 10.8. The Morgan fingerprint density at radius 1 is 1.67 bits per heavy atom. The zero-order valence-electron chi connectivity index (χ0n) is 9.06. The van der Waals surface area contributed by atoms with E-state index in [1.165, 1.54) is 12.8 Å². The summed E-state index contributed by atoms with van der Waals surface area (Å²) in [6.45, 7) is 2.96. The number of carbonyl (C=O) groups excluding carboxylic acids is 1. The van der Waals surface area contributed by atoms with Crippen LogP contribution in [0.25, 0.3) is 0 Å². The average Bonchev–Trinajstić information content (AvgIpc) is 2.84. The van der Waals surface area contributed by atoms with Crippen LogP contribution in [0.4, 0.5) is 0 Å². The minimum absolute atomic E-state index is 0.157. The van der Waals surface area contributed by atoms with Crippen LogP contribution < -0.4 is 5.32 Å². The Labute approximate surface area is 89.4 Å². The van der Waals surface area contributed by atoms with Crippen molar-refractivity contribution in [2.45, 2.75) is 19.4 Å². The van der Waals surface area contributed by atoms with E-state index in [0.717, 1.165) is 13.0 Å². The fraction of sp³-hybridized carbons (Fsp3) is 0.636. The van der Waals surface area contributed by atoms with E-state index in [9.17, 15) is 4.79 Å². The summed E-state index contributed by atoms with van der Waals surface area (Å²) in [5.74, 6) is 0.615. The van der Waals surface area contributed by atoms with Gasteiger partial charge in [0, 0.05) is 30.3 Å². The van der Waals surface area contributed by atoms with Gasteiger partial charge in [-0.1, -0.05) is 13.0 Å². The molecule has 0 bridgehead atoms. The van der Waals surface area contributed by atoms with Gasteiger partial charge in [0.25, 0.3) is 0 Å². The lowest BCUT2D eigenvalue weighted by molar-refractivity contribution is -0.142. The topological polar surface area (TPSA) is 50.7 Å². The van der Waals surface area contributed by atoms with Crippen LogP contribution in [0.5, 0.6) is 0 Å². The molecule has 3 atom stereocenters. The third-order valence-corrected chi connectivity index (χ3v) is 3.10. The Bertz CT molecular complexity index is 323. The number of hydrogen-bond donors (Lipinski definition) is 1. The minimum atomic E-state index is -0.170. The molecule has 15 heavy (non-hydrogen) atoms. The number of allylic oxidation sites excluding steroid dienone is 1. The first kappa shape index (κ1) is 10.4. The van der Waals surface area contributed by atoms with Crippen LogP contribution in [0.1, 0.15) is 13.3 Å². The molecule has 0 spiro atoms. The summed E-state index contributed by atoms with van der Waals surface area (Å²) in [6.07, 6.45) is 4.74. The molecule has 0 saturated carbocycles. The first-order valence-electron chi connectivity index (χ1n) is 5.28. The molecule has 0 aromatic heterocycles. The molecule has 1 fully saturated rings. The van der Waals surface area contributed by atoms with Crippen LogP contribution >= 0.6 is 0 Å². The molecule has 0 aromatic carbocycles. The number of ether oxygens (including phenoxy) is 1. The smallest absolute Gasteiger partial charge is 0.322 e. The number of methoxy groups -OCH3 is 1. The second-order valence-electron chi connectivity index (χ2n) is 4.10. The van der Waals surface area contributed by atoms with Gasteiger partial charge in [-0.25, -0.2) is 0 Å². The van der Waals surface area contributed by atoms with Gasteiger partial charge >= 0.3 is 5.97 Å². The second kappa shape index (κ2) is 4.14. The van der Waals surface area contributed by atoms with Crippen molar-refractivity contribution in [1.29, 1.82) is 0 Å². The van der Waals surface area contributed by atoms with Crippen LogP contribution in [0, 0.1) is 11.8 Å². The fourth-order valence-corrected chi connectivity index (χ4v) is 2.23. The zero-order valence-corrected chi connectivity index (χ0v) is 9.06. The van der Waals surface area contributed by atoms with Crippen molar-refractivity contribution in [2.24, 2.45) is 16.8 Å². The Hall–Kier alpha value is -1.16. The first-order valence-corrected chi connectivity index (χ1v) is 5.28. The monoisotopic (exact) mass is 208 g/mol. The van der Waals surface area contributed by atoms with Gasteiger partial charge in [-0.15, -0.1) is 0 Å². The molecule has 1 saturated heterocycles. The van der Waals surface area contributed by atoms with Crippen molar-refractivity contribution in [1.82, 2.24) is 5.32 Å². The van der Waals surface area contributed by atoms with E-state index in [1.807, 2.05) is 6.20 Å². The van der Waals surface area contributed by atoms with Crippen molar-refractivity contribution in [2.75, 3.05) is 13.7 Å². The Kier molecular flexibility index (Phi) is 2.86. The maximum Gasteiger partial charge on any atom is 0.322 e. The van der Waals surface area contributed by atoms with Crippen LogP contribution in [0.3, 0.4) is 0 Å². The van der Waals surface area contributed by atoms with E-state index in [1.54, 1.807) is 0 Å². The van der Waals surface area contributed by atoms with E-state index < -0.39 is 0 Å². The lowest BCUT2D eigenvalue weighted by Gasteiger charge is -2.12. The van der Waals surface area contributed by atoms with E-state index in [4.69, 9.17) is 4.74 Å². The minimum Gasteiger partial charge on any atom is -0.468 e. The predicted octanol–water partition coefficient (Wildman–Crippen LogP) is 0.742. The van der Waals surface area contributed by atoms with Crippen LogP contribution in [-0.2, 0) is 9.53 Å². The molecule has 0 aromatic rings. The number of esters is 1. The molecular formula is C11H16N2O2. The number of rotatable bonds is 2. The highest BCUT2D eigenvalue weighted by molar-refractivity contribution is 5.93. The highest BCUT2D eigenvalue weighted by atomic mass is 16.5. The largest absolute Gasteiger partial charge is 0.468 e. The molecule has 1 N–H and O–H groups in total. The number of hydrogen-bond acceptors (Lipinski definition) is 4. The maximum atomic E-state index is 11.3. The van der Waals surface area contributed by atoms with Crippen LogP contribution in [0.15, 0.2) is 17.3 Å². The van der Waals surface area contributed by atoms with Crippen molar-refractivity contribution < 1.29 is 9.53 Å². The molecular weight excluding hydrogens is 192 g/mol. The highest BCUT2D eigenvalue weighted by Crippen LogP contribution is 2.24. The fourth-order valence-electron chi connectivity index (χ4n) is 2.23. The average molecular weight is 208 g/mol. The van der Waals surface area contributed by atoms with E-state index >= 15 is 0 Å². The van der Waals surface area contributed by atoms with E-state index in [0.29, 0.717) is 11.8 Å². The third-order valence-electron chi connectivity index (χ3n) is 3.10. The van der Waals surface area contributed by atoms with Crippen LogP contribution in [0.2, 0.25) is 0 Å². The van der Waals surface area contributed by atoms with Crippen molar-refractivity contribution in [3.05, 3.63) is 12.3 Å². The Balaban J connectivity index is 1.96. The second-order valence-corrected chi connectivity index (χ2v) is 4.10. The van der Waals surface area contributed by atoms with Gasteiger partial charge in [0.1, 0.15) is 6.04 Å². The summed E-state index contributed by atoms with van der Waals surface area (Å²) < 4.78 is 4.72. The molecule has 0 amide bonds. The Morgan fingerprint density at radius 2 is 2.47 bits per heavy atom. The molecule has 1 unspecified atom stereocenters. The maximum absolute atomic E-state index is 11.3. The van der Waals surface area contributed by atoms with Crippen molar-refractivity contribution in [3.63, 3.8) is 0 Å². The molecule has 0 aliphatic carbocycles. The third kappa shape index (κ3) is 1.95. The van der Waals surface area contributed by atoms with Crippen molar-refractivity contribution >= 4 is 11.7 Å². The highest BCUT2D eigenvalue weighted by Gasteiger charge is 2.34. The summed E-state index contributed by atoms with van der Waals surface area (Å²) in [5.41, 5.74) is 1.19. The summed E-state index contributed by atoms with van der Waals surface area (Å²) >= 11 is 0. The lowest BCUT2D eigenvalue weighted by Crippen LogP contribution is -2.31. The van der Waals surface area contributed by atoms with Gasteiger partial charge < -0.3 is 10.1 Å². The van der Waals surface area contributed by atoms with E-state index in [2.05, 4.69) is 23.3 Å². The summed E-state index contributed by atoms with van der Waals surface area (Å²) in [6, 6.07) is -0.157. The number of nitrogens with one attached hydrogen (secondary N) is 1. The number of aliphatic imine (C=N–C) groups is 1. The predicted molar refractivity (Wildman–Crippen MR) is 57.7 cm³/mol. The van der Waals surface area contributed by atoms with Gasteiger partial charge in [-0.2, -0.15) is 0 Å². The molecule has 2 aliphatic heterocycles. The molecule has 4 nitrogen and oxygen atoms in total. The standard InChI is InChI=1S/C11H16N2O2/c1-7-3-4-12-10(7)8-5-9(13-6-8)11(14)15-2/h3-4,7-9,13H,5-6H2,1-2H3/t7?,8-,9+/m1/s1. The molecule has 2 rings (SSSR count). The van der Waals surface area contributed by atoms with Gasteiger partial charge in [-0.05, 0) is 6.42 Å². The molecule has 2 aliphatic rings. The number of carbonyl (C=O) groups is 1. The number of nitrogens with zero attached hydrogens (tertiary/aromatic N) is 1. The van der Waals surface area contributed by atoms with Crippen molar-refractivity contribution in [3.8, 4) is 0 Å². The molecule has 82 valence electrons. The molecule has 4 heteroatoms. The summed E-state index contributed by atoms with van der Waals surface area (Å²) in [4.78, 5) is 15.7.